The summed E-state index contributed by atoms with van der Waals surface area (Å²) in [5, 5.41) is 10.9. The van der Waals surface area contributed by atoms with Crippen molar-refractivity contribution in [2.24, 2.45) is 4.99 Å². The van der Waals surface area contributed by atoms with E-state index in [0.29, 0.717) is 11.7 Å². The zero-order chi connectivity index (χ0) is 21.2. The van der Waals surface area contributed by atoms with E-state index in [1.807, 2.05) is 12.3 Å². The molecule has 0 aromatic heterocycles. The van der Waals surface area contributed by atoms with E-state index in [0.717, 1.165) is 16.8 Å². The summed E-state index contributed by atoms with van der Waals surface area (Å²) < 4.78 is 0. The Hall–Kier alpha value is -0.796. The van der Waals surface area contributed by atoms with Crippen LogP contribution in [0.4, 0.5) is 5.69 Å². The number of phenolic OH excluding ortho intramolecular Hbond substituents is 1. The molecular weight excluding hydrogens is 437 g/mol. The molecule has 0 saturated heterocycles. The van der Waals surface area contributed by atoms with Crippen molar-refractivity contribution in [3.63, 3.8) is 0 Å². The molecule has 0 spiro atoms. The average Bonchev–Trinajstić information content (AvgIpc) is 2.62. The summed E-state index contributed by atoms with van der Waals surface area (Å²) in [6.45, 7) is 6.28. The number of phenols is 1. The van der Waals surface area contributed by atoms with Gasteiger partial charge in [-0.15, -0.1) is 0 Å². The fraction of sp³-hybridized carbons (Fsp3) is 0.458. The van der Waals surface area contributed by atoms with Gasteiger partial charge in [-0.05, 0) is 80.0 Å². The van der Waals surface area contributed by atoms with Crippen LogP contribution in [0.25, 0.3) is 0 Å². The van der Waals surface area contributed by atoms with Gasteiger partial charge in [0.25, 0.3) is 0 Å². The van der Waals surface area contributed by atoms with E-state index in [-0.39, 0.29) is 0 Å². The second-order valence-corrected chi connectivity index (χ2v) is 10.6. The Kier molecular flexibility index (Phi) is 10.8. The second-order valence-electron chi connectivity index (χ2n) is 8.01. The molecular formula is C24H31Cl2NOTi. The molecule has 1 aliphatic rings. The van der Waals surface area contributed by atoms with Gasteiger partial charge in [-0.3, -0.25) is 4.99 Å². The first-order valence-electron chi connectivity index (χ1n) is 10.4. The number of rotatable bonds is 3. The first-order valence-corrected chi connectivity index (χ1v) is 14.7. The number of hydrogen-bond donors (Lipinski definition) is 1. The quantitative estimate of drug-likeness (QED) is 0.357. The number of hydrogen-bond acceptors (Lipinski definition) is 2. The van der Waals surface area contributed by atoms with Crippen molar-refractivity contribution < 1.29 is 22.1 Å². The molecule has 1 saturated carbocycles. The van der Waals surface area contributed by atoms with Gasteiger partial charge in [0.2, 0.25) is 0 Å². The molecule has 0 amide bonds. The van der Waals surface area contributed by atoms with Gasteiger partial charge in [0.1, 0.15) is 5.75 Å². The summed E-state index contributed by atoms with van der Waals surface area (Å²) in [6.07, 6.45) is 10.7. The third kappa shape index (κ3) is 8.10. The van der Waals surface area contributed by atoms with Crippen LogP contribution in [0.15, 0.2) is 35.3 Å². The standard InChI is InChI=1S/C24H31NO.2ClH.Ti/c1-17-11-18(2)14-22(13-17)25-16-21-12-19(3)15-23(24(21)26)20-9-7-5-4-6-8-10-20;;;/h11-16,20,26H,4-10H2,1-3H3;2*1H;/q;;;+2/p-2. The number of benzene rings is 2. The van der Waals surface area contributed by atoms with Gasteiger partial charge in [0, 0.05) is 11.8 Å². The van der Waals surface area contributed by atoms with Gasteiger partial charge in [0.05, 0.1) is 5.69 Å². The topological polar surface area (TPSA) is 32.6 Å². The minimum atomic E-state index is -0.556. The minimum absolute atomic E-state index is 0.425. The van der Waals surface area contributed by atoms with E-state index >= 15 is 0 Å². The molecule has 0 aliphatic heterocycles. The molecule has 1 N–H and O–H groups in total. The maximum atomic E-state index is 10.9. The van der Waals surface area contributed by atoms with E-state index in [4.69, 9.17) is 18.6 Å². The number of aryl methyl sites for hydroxylation is 3. The summed E-state index contributed by atoms with van der Waals surface area (Å²) in [6, 6.07) is 10.5. The van der Waals surface area contributed by atoms with Gasteiger partial charge in [-0.2, -0.15) is 0 Å². The van der Waals surface area contributed by atoms with Crippen LogP contribution in [-0.2, 0) is 17.0 Å². The Balaban J connectivity index is 0.000000941. The Labute approximate surface area is 192 Å². The van der Waals surface area contributed by atoms with E-state index in [2.05, 4.69) is 50.0 Å². The van der Waals surface area contributed by atoms with Crippen LogP contribution in [-0.4, -0.2) is 11.3 Å². The first-order chi connectivity index (χ1) is 13.9. The van der Waals surface area contributed by atoms with Crippen molar-refractivity contribution in [1.82, 2.24) is 0 Å². The van der Waals surface area contributed by atoms with Crippen molar-refractivity contribution in [2.75, 3.05) is 0 Å². The van der Waals surface area contributed by atoms with Crippen molar-refractivity contribution in [3.8, 4) is 5.75 Å². The number of aliphatic imine (C=N–C) groups is 1. The third-order valence-electron chi connectivity index (χ3n) is 5.42. The van der Waals surface area contributed by atoms with Crippen molar-refractivity contribution in [1.29, 1.82) is 0 Å². The molecule has 156 valence electrons. The fourth-order valence-corrected chi connectivity index (χ4v) is 4.18. The number of halogens is 2. The molecule has 5 heteroatoms. The number of nitrogens with zero attached hydrogens (tertiary/aromatic N) is 1. The molecule has 2 aromatic rings. The predicted octanol–water partition coefficient (Wildman–Crippen LogP) is 8.27. The Morgan fingerprint density at radius 2 is 1.38 bits per heavy atom. The van der Waals surface area contributed by atoms with Crippen LogP contribution in [0.1, 0.15) is 78.7 Å². The van der Waals surface area contributed by atoms with Crippen LogP contribution in [0, 0.1) is 20.8 Å². The average molecular weight is 468 g/mol. The Bertz CT molecular complexity index is 795. The van der Waals surface area contributed by atoms with Gasteiger partial charge in [-0.25, -0.2) is 0 Å². The summed E-state index contributed by atoms with van der Waals surface area (Å²) in [5.74, 6) is 0.901. The van der Waals surface area contributed by atoms with Crippen molar-refractivity contribution >= 4 is 30.5 Å². The SMILES string of the molecule is Cc1cc(C)cc(N=Cc2cc(C)cc(C3CCCCCCC3)c2O)c1.[Cl][Ti][Cl]. The third-order valence-corrected chi connectivity index (χ3v) is 5.42. The van der Waals surface area contributed by atoms with E-state index in [1.54, 1.807) is 0 Å². The molecule has 0 unspecified atom stereocenters. The van der Waals surface area contributed by atoms with Crippen molar-refractivity contribution in [3.05, 3.63) is 58.1 Å². The summed E-state index contributed by atoms with van der Waals surface area (Å²) >= 11 is -0.556. The van der Waals surface area contributed by atoms with Crippen LogP contribution < -0.4 is 0 Å². The Morgan fingerprint density at radius 3 is 1.97 bits per heavy atom. The molecule has 0 radical (unpaired) electrons. The van der Waals surface area contributed by atoms with Crippen LogP contribution >= 0.6 is 18.6 Å². The molecule has 2 aromatic carbocycles. The molecule has 0 atom stereocenters. The van der Waals surface area contributed by atoms with Gasteiger partial charge < -0.3 is 5.11 Å². The molecule has 3 rings (SSSR count). The summed E-state index contributed by atoms with van der Waals surface area (Å²) in [7, 11) is 9.78. The van der Waals surface area contributed by atoms with Crippen molar-refractivity contribution in [2.45, 2.75) is 71.6 Å². The van der Waals surface area contributed by atoms with Crippen LogP contribution in [0.2, 0.25) is 0 Å². The zero-order valence-corrected chi connectivity index (χ0v) is 20.7. The summed E-state index contributed by atoms with van der Waals surface area (Å²) in [5.41, 5.74) is 6.51. The second kappa shape index (κ2) is 12.8. The first kappa shape index (κ1) is 24.5. The van der Waals surface area contributed by atoms with Crippen LogP contribution in [0.3, 0.4) is 0 Å². The molecule has 1 aliphatic carbocycles. The van der Waals surface area contributed by atoms with Gasteiger partial charge in [-0.1, -0.05) is 44.2 Å². The maximum absolute atomic E-state index is 10.9. The molecule has 0 bridgehead atoms. The molecule has 1 fully saturated rings. The normalized spacial score (nSPS) is 15.3. The van der Waals surface area contributed by atoms with Crippen LogP contribution in [0.5, 0.6) is 5.75 Å². The van der Waals surface area contributed by atoms with Gasteiger partial charge >= 0.3 is 35.6 Å². The fourth-order valence-electron chi connectivity index (χ4n) is 4.18. The van der Waals surface area contributed by atoms with Gasteiger partial charge in [0.15, 0.2) is 0 Å². The zero-order valence-electron chi connectivity index (χ0n) is 17.6. The molecule has 2 nitrogen and oxygen atoms in total. The predicted molar refractivity (Wildman–Crippen MR) is 123 cm³/mol. The number of aromatic hydroxyl groups is 1. The summed E-state index contributed by atoms with van der Waals surface area (Å²) in [4.78, 5) is 4.63. The molecule has 29 heavy (non-hydrogen) atoms. The Morgan fingerprint density at radius 1 is 0.862 bits per heavy atom. The van der Waals surface area contributed by atoms with E-state index in [1.165, 1.54) is 61.6 Å². The van der Waals surface area contributed by atoms with E-state index < -0.39 is 17.0 Å². The monoisotopic (exact) mass is 467 g/mol. The molecule has 0 heterocycles. The van der Waals surface area contributed by atoms with E-state index in [9.17, 15) is 5.11 Å².